The maximum Gasteiger partial charge on any atom is 0.0303 e. The minimum atomic E-state index is 0.592. The van der Waals surface area contributed by atoms with E-state index in [1.807, 2.05) is 18.5 Å². The highest BCUT2D eigenvalue weighted by Gasteiger charge is 2.21. The number of nitrogens with zero attached hydrogens (tertiary/aromatic N) is 1. The van der Waals surface area contributed by atoms with Gasteiger partial charge in [-0.1, -0.05) is 26.3 Å². The molecule has 1 aromatic heterocycles. The molecule has 0 amide bonds. The van der Waals surface area contributed by atoms with Crippen molar-refractivity contribution in [2.75, 3.05) is 6.54 Å². The Morgan fingerprint density at radius 2 is 2.25 bits per heavy atom. The van der Waals surface area contributed by atoms with Crippen LogP contribution >= 0.6 is 0 Å². The second kappa shape index (κ2) is 5.44. The lowest BCUT2D eigenvalue weighted by Crippen LogP contribution is -2.38. The zero-order valence-corrected chi connectivity index (χ0v) is 10.3. The van der Waals surface area contributed by atoms with Gasteiger partial charge in [-0.25, -0.2) is 0 Å². The summed E-state index contributed by atoms with van der Waals surface area (Å²) >= 11 is 0. The van der Waals surface area contributed by atoms with E-state index in [4.69, 9.17) is 0 Å². The summed E-state index contributed by atoms with van der Waals surface area (Å²) in [4.78, 5) is 4.22. The van der Waals surface area contributed by atoms with Crippen LogP contribution in [0.1, 0.15) is 44.6 Å². The quantitative estimate of drug-likeness (QED) is 0.822. The first-order chi connectivity index (χ1) is 7.77. The molecule has 1 atom stereocenters. The fourth-order valence-corrected chi connectivity index (χ4v) is 2.24. The molecule has 0 radical (unpaired) electrons. The van der Waals surface area contributed by atoms with Crippen molar-refractivity contribution in [3.8, 4) is 0 Å². The average Bonchev–Trinajstić information content (AvgIpc) is 2.22. The molecule has 1 aliphatic rings. The molecule has 1 aromatic rings. The summed E-state index contributed by atoms with van der Waals surface area (Å²) in [6, 6.07) is 5.01. The van der Waals surface area contributed by atoms with E-state index in [1.165, 1.54) is 24.8 Å². The molecule has 1 heterocycles. The first kappa shape index (κ1) is 11.6. The molecule has 0 bridgehead atoms. The molecule has 0 spiro atoms. The molecule has 1 unspecified atom stereocenters. The van der Waals surface area contributed by atoms with Crippen LogP contribution in [-0.4, -0.2) is 17.6 Å². The largest absolute Gasteiger partial charge is 0.313 e. The van der Waals surface area contributed by atoms with Crippen LogP contribution in [0.2, 0.25) is 0 Å². The van der Waals surface area contributed by atoms with Crippen molar-refractivity contribution in [1.29, 1.82) is 0 Å². The molecule has 2 rings (SSSR count). The molecule has 88 valence electrons. The van der Waals surface area contributed by atoms with Crippen molar-refractivity contribution in [3.63, 3.8) is 0 Å². The Hall–Kier alpha value is -0.890. The SMILES string of the molecule is CC(C)C(CNC1CCC1)c1cccnc1. The van der Waals surface area contributed by atoms with Crippen molar-refractivity contribution in [2.24, 2.45) is 5.92 Å². The van der Waals surface area contributed by atoms with E-state index in [2.05, 4.69) is 30.2 Å². The maximum atomic E-state index is 4.22. The maximum absolute atomic E-state index is 4.22. The van der Waals surface area contributed by atoms with Gasteiger partial charge in [0.25, 0.3) is 0 Å². The fourth-order valence-electron chi connectivity index (χ4n) is 2.24. The molecule has 16 heavy (non-hydrogen) atoms. The lowest BCUT2D eigenvalue weighted by Gasteiger charge is -2.30. The number of aromatic nitrogens is 1. The van der Waals surface area contributed by atoms with E-state index in [9.17, 15) is 0 Å². The van der Waals surface area contributed by atoms with Gasteiger partial charge in [-0.2, -0.15) is 0 Å². The average molecular weight is 218 g/mol. The molecule has 1 aliphatic carbocycles. The summed E-state index contributed by atoms with van der Waals surface area (Å²) in [5.41, 5.74) is 1.37. The summed E-state index contributed by atoms with van der Waals surface area (Å²) in [6.07, 6.45) is 7.97. The van der Waals surface area contributed by atoms with Gasteiger partial charge in [-0.3, -0.25) is 4.98 Å². The van der Waals surface area contributed by atoms with E-state index < -0.39 is 0 Å². The van der Waals surface area contributed by atoms with Gasteiger partial charge in [0.05, 0.1) is 0 Å². The molecule has 0 saturated heterocycles. The lowest BCUT2D eigenvalue weighted by atomic mass is 9.87. The van der Waals surface area contributed by atoms with E-state index in [-0.39, 0.29) is 0 Å². The Kier molecular flexibility index (Phi) is 3.94. The van der Waals surface area contributed by atoms with Gasteiger partial charge in [-0.15, -0.1) is 0 Å². The second-order valence-corrected chi connectivity index (χ2v) is 5.17. The monoisotopic (exact) mass is 218 g/mol. The molecular formula is C14H22N2. The van der Waals surface area contributed by atoms with Crippen molar-refractivity contribution in [2.45, 2.75) is 45.1 Å². The third kappa shape index (κ3) is 2.82. The summed E-state index contributed by atoms with van der Waals surface area (Å²) in [5.74, 6) is 1.26. The first-order valence-electron chi connectivity index (χ1n) is 6.40. The van der Waals surface area contributed by atoms with Crippen LogP contribution in [0.4, 0.5) is 0 Å². The third-order valence-corrected chi connectivity index (χ3v) is 3.65. The van der Waals surface area contributed by atoms with E-state index in [0.29, 0.717) is 11.8 Å². The predicted octanol–water partition coefficient (Wildman–Crippen LogP) is 2.96. The molecule has 2 heteroatoms. The van der Waals surface area contributed by atoms with Crippen molar-refractivity contribution < 1.29 is 0 Å². The summed E-state index contributed by atoms with van der Waals surface area (Å²) in [7, 11) is 0. The van der Waals surface area contributed by atoms with Crippen molar-refractivity contribution in [1.82, 2.24) is 10.3 Å². The van der Waals surface area contributed by atoms with Crippen LogP contribution in [0.25, 0.3) is 0 Å². The van der Waals surface area contributed by atoms with E-state index >= 15 is 0 Å². The second-order valence-electron chi connectivity index (χ2n) is 5.17. The zero-order valence-electron chi connectivity index (χ0n) is 10.3. The number of hydrogen-bond donors (Lipinski definition) is 1. The van der Waals surface area contributed by atoms with Gasteiger partial charge in [0.1, 0.15) is 0 Å². The Morgan fingerprint density at radius 1 is 1.44 bits per heavy atom. The minimum Gasteiger partial charge on any atom is -0.313 e. The topological polar surface area (TPSA) is 24.9 Å². The normalized spacial score (nSPS) is 18.4. The van der Waals surface area contributed by atoms with Crippen LogP contribution in [0.3, 0.4) is 0 Å². The van der Waals surface area contributed by atoms with Crippen LogP contribution in [-0.2, 0) is 0 Å². The molecule has 1 saturated carbocycles. The van der Waals surface area contributed by atoms with Crippen LogP contribution in [0.15, 0.2) is 24.5 Å². The molecule has 0 aliphatic heterocycles. The minimum absolute atomic E-state index is 0.592. The zero-order chi connectivity index (χ0) is 11.4. The Bertz CT molecular complexity index is 304. The molecule has 1 fully saturated rings. The Balaban J connectivity index is 1.94. The highest BCUT2D eigenvalue weighted by Crippen LogP contribution is 2.25. The van der Waals surface area contributed by atoms with Crippen molar-refractivity contribution >= 4 is 0 Å². The molecule has 0 aromatic carbocycles. The van der Waals surface area contributed by atoms with Gasteiger partial charge < -0.3 is 5.32 Å². The predicted molar refractivity (Wildman–Crippen MR) is 67.5 cm³/mol. The van der Waals surface area contributed by atoms with Gasteiger partial charge in [-0.05, 0) is 30.4 Å². The molecule has 1 N–H and O–H groups in total. The van der Waals surface area contributed by atoms with E-state index in [1.54, 1.807) is 0 Å². The summed E-state index contributed by atoms with van der Waals surface area (Å²) < 4.78 is 0. The smallest absolute Gasteiger partial charge is 0.0303 e. The van der Waals surface area contributed by atoms with Crippen LogP contribution < -0.4 is 5.32 Å². The third-order valence-electron chi connectivity index (χ3n) is 3.65. The van der Waals surface area contributed by atoms with Gasteiger partial charge in [0.2, 0.25) is 0 Å². The number of nitrogens with one attached hydrogen (secondary N) is 1. The summed E-state index contributed by atoms with van der Waals surface area (Å²) in [5, 5.41) is 3.67. The fraction of sp³-hybridized carbons (Fsp3) is 0.643. The Labute approximate surface area is 98.5 Å². The Morgan fingerprint density at radius 3 is 2.75 bits per heavy atom. The van der Waals surface area contributed by atoms with Crippen molar-refractivity contribution in [3.05, 3.63) is 30.1 Å². The number of rotatable bonds is 5. The highest BCUT2D eigenvalue weighted by molar-refractivity contribution is 5.16. The first-order valence-corrected chi connectivity index (χ1v) is 6.40. The summed E-state index contributed by atoms with van der Waals surface area (Å²) in [6.45, 7) is 5.67. The number of pyridine rings is 1. The molecular weight excluding hydrogens is 196 g/mol. The highest BCUT2D eigenvalue weighted by atomic mass is 14.9. The van der Waals surface area contributed by atoms with Gasteiger partial charge >= 0.3 is 0 Å². The van der Waals surface area contributed by atoms with Crippen LogP contribution in [0.5, 0.6) is 0 Å². The van der Waals surface area contributed by atoms with Gasteiger partial charge in [0, 0.05) is 30.9 Å². The van der Waals surface area contributed by atoms with E-state index in [0.717, 1.165) is 12.6 Å². The molecule has 2 nitrogen and oxygen atoms in total. The van der Waals surface area contributed by atoms with Gasteiger partial charge in [0.15, 0.2) is 0 Å². The van der Waals surface area contributed by atoms with Crippen LogP contribution in [0, 0.1) is 5.92 Å². The standard InChI is InChI=1S/C14H22N2/c1-11(2)14(10-16-13-6-3-7-13)12-5-4-8-15-9-12/h4-5,8-9,11,13-14,16H,3,6-7,10H2,1-2H3. The lowest BCUT2D eigenvalue weighted by molar-refractivity contribution is 0.318. The number of hydrogen-bond acceptors (Lipinski definition) is 2.